The number of aromatic nitrogens is 3. The predicted molar refractivity (Wildman–Crippen MR) is 104 cm³/mol. The number of rotatable bonds is 7. The number of para-hydroxylation sites is 1. The van der Waals surface area contributed by atoms with Crippen molar-refractivity contribution in [2.75, 3.05) is 26.2 Å². The van der Waals surface area contributed by atoms with E-state index in [1.165, 1.54) is 25.9 Å². The summed E-state index contributed by atoms with van der Waals surface area (Å²) in [7, 11) is 0. The van der Waals surface area contributed by atoms with Gasteiger partial charge >= 0.3 is 0 Å². The minimum absolute atomic E-state index is 0.395. The van der Waals surface area contributed by atoms with Crippen molar-refractivity contribution in [1.29, 1.82) is 0 Å². The molecule has 3 heterocycles. The van der Waals surface area contributed by atoms with Crippen molar-refractivity contribution >= 4 is 16.9 Å². The molecule has 7 heteroatoms. The van der Waals surface area contributed by atoms with Crippen LogP contribution in [0.4, 0.5) is 0 Å². The van der Waals surface area contributed by atoms with Crippen LogP contribution in [0.3, 0.4) is 0 Å². The van der Waals surface area contributed by atoms with Crippen LogP contribution in [0.2, 0.25) is 0 Å². The summed E-state index contributed by atoms with van der Waals surface area (Å²) in [5, 5.41) is 0. The summed E-state index contributed by atoms with van der Waals surface area (Å²) in [4.78, 5) is 26.1. The molecule has 140 valence electrons. The minimum atomic E-state index is -0.497. The predicted octanol–water partition coefficient (Wildman–Crippen LogP) is 2.59. The fraction of sp³-hybridized carbons (Fsp3) is 0.350. The van der Waals surface area contributed by atoms with Crippen LogP contribution in [0.5, 0.6) is 5.75 Å². The Morgan fingerprint density at radius 2 is 2.11 bits per heavy atom. The van der Waals surface area contributed by atoms with Crippen LogP contribution in [-0.4, -0.2) is 52.0 Å². The van der Waals surface area contributed by atoms with Crippen LogP contribution in [0.1, 0.15) is 29.6 Å². The highest BCUT2D eigenvalue weighted by Gasteiger charge is 2.15. The summed E-state index contributed by atoms with van der Waals surface area (Å²) in [6.07, 6.45) is 7.01. The van der Waals surface area contributed by atoms with Crippen LogP contribution >= 0.6 is 0 Å². The van der Waals surface area contributed by atoms with Crippen molar-refractivity contribution in [2.24, 2.45) is 5.73 Å². The molecule has 27 heavy (non-hydrogen) atoms. The number of carbonyl (C=O) groups excluding carboxylic acids is 1. The van der Waals surface area contributed by atoms with Crippen LogP contribution < -0.4 is 10.5 Å². The average molecular weight is 365 g/mol. The second-order valence-corrected chi connectivity index (χ2v) is 6.77. The maximum atomic E-state index is 11.6. The maximum Gasteiger partial charge on any atom is 0.250 e. The van der Waals surface area contributed by atoms with Gasteiger partial charge in [0, 0.05) is 18.9 Å². The number of hydrogen-bond acceptors (Lipinski definition) is 5. The fourth-order valence-corrected chi connectivity index (χ4v) is 3.52. The fourth-order valence-electron chi connectivity index (χ4n) is 3.52. The number of nitrogens with one attached hydrogen (secondary N) is 1. The molecule has 0 radical (unpaired) electrons. The third-order valence-electron chi connectivity index (χ3n) is 4.89. The van der Waals surface area contributed by atoms with Crippen LogP contribution in [-0.2, 0) is 0 Å². The van der Waals surface area contributed by atoms with E-state index in [1.54, 1.807) is 24.5 Å². The molecule has 4 rings (SSSR count). The number of pyridine rings is 1. The molecule has 0 aliphatic carbocycles. The average Bonchev–Trinajstić information content (AvgIpc) is 3.34. The van der Waals surface area contributed by atoms with E-state index in [-0.39, 0.29) is 0 Å². The number of likely N-dealkylation sites (tertiary alicyclic amines) is 1. The number of imidazole rings is 1. The molecule has 0 bridgehead atoms. The number of H-pyrrole nitrogens is 1. The van der Waals surface area contributed by atoms with E-state index in [2.05, 4.69) is 19.9 Å². The van der Waals surface area contributed by atoms with Crippen molar-refractivity contribution in [3.8, 4) is 17.1 Å². The van der Waals surface area contributed by atoms with Gasteiger partial charge in [0.15, 0.2) is 0 Å². The second-order valence-electron chi connectivity index (χ2n) is 6.77. The molecule has 0 saturated carbocycles. The van der Waals surface area contributed by atoms with Crippen LogP contribution in [0, 0.1) is 0 Å². The first-order chi connectivity index (χ1) is 13.2. The summed E-state index contributed by atoms with van der Waals surface area (Å²) < 4.78 is 6.01. The SMILES string of the molecule is NC(=O)c1cccc2[nH]c(-c3cnccc3OCCCN3CCCC3)nc12. The lowest BCUT2D eigenvalue weighted by molar-refractivity contribution is 0.100. The van der Waals surface area contributed by atoms with E-state index in [1.807, 2.05) is 12.1 Å². The normalized spacial score (nSPS) is 14.7. The first-order valence-electron chi connectivity index (χ1n) is 9.30. The number of nitrogens with zero attached hydrogens (tertiary/aromatic N) is 3. The number of amides is 1. The van der Waals surface area contributed by atoms with Gasteiger partial charge in [0.1, 0.15) is 17.1 Å². The van der Waals surface area contributed by atoms with Gasteiger partial charge in [0.25, 0.3) is 5.91 Å². The largest absolute Gasteiger partial charge is 0.493 e. The number of aromatic amines is 1. The molecule has 7 nitrogen and oxygen atoms in total. The Kier molecular flexibility index (Phi) is 5.02. The number of benzene rings is 1. The zero-order valence-electron chi connectivity index (χ0n) is 15.1. The van der Waals surface area contributed by atoms with Gasteiger partial charge in [-0.25, -0.2) is 4.98 Å². The third-order valence-corrected chi connectivity index (χ3v) is 4.89. The van der Waals surface area contributed by atoms with Crippen molar-refractivity contribution in [3.05, 3.63) is 42.2 Å². The highest BCUT2D eigenvalue weighted by atomic mass is 16.5. The zero-order chi connectivity index (χ0) is 18.6. The molecule has 3 N–H and O–H groups in total. The van der Waals surface area contributed by atoms with Crippen molar-refractivity contribution in [1.82, 2.24) is 19.9 Å². The number of fused-ring (bicyclic) bond motifs is 1. The highest BCUT2D eigenvalue weighted by molar-refractivity contribution is 6.04. The standard InChI is InChI=1S/C20H23N5O2/c21-19(26)14-5-3-6-16-18(14)24-20(23-16)15-13-22-8-7-17(15)27-12-4-11-25-9-1-2-10-25/h3,5-8,13H,1-2,4,9-12H2,(H2,21,26)(H,23,24). The number of nitrogens with two attached hydrogens (primary N) is 1. The van der Waals surface area contributed by atoms with E-state index >= 15 is 0 Å². The van der Waals surface area contributed by atoms with E-state index in [4.69, 9.17) is 10.5 Å². The van der Waals surface area contributed by atoms with E-state index in [0.29, 0.717) is 23.5 Å². The molecule has 1 aliphatic heterocycles. The lowest BCUT2D eigenvalue weighted by atomic mass is 10.2. The Morgan fingerprint density at radius 3 is 2.93 bits per heavy atom. The molecule has 1 aromatic carbocycles. The molecule has 0 spiro atoms. The summed E-state index contributed by atoms with van der Waals surface area (Å²) in [6, 6.07) is 7.16. The lowest BCUT2D eigenvalue weighted by Crippen LogP contribution is -2.21. The lowest BCUT2D eigenvalue weighted by Gasteiger charge is -2.15. The monoisotopic (exact) mass is 365 g/mol. The van der Waals surface area contributed by atoms with Gasteiger partial charge in [-0.05, 0) is 50.6 Å². The van der Waals surface area contributed by atoms with Gasteiger partial charge in [-0.15, -0.1) is 0 Å². The van der Waals surface area contributed by atoms with E-state index < -0.39 is 5.91 Å². The van der Waals surface area contributed by atoms with Crippen molar-refractivity contribution in [2.45, 2.75) is 19.3 Å². The molecule has 3 aromatic rings. The number of carbonyl (C=O) groups is 1. The Balaban J connectivity index is 1.53. The van der Waals surface area contributed by atoms with Gasteiger partial charge in [-0.2, -0.15) is 0 Å². The number of ether oxygens (including phenoxy) is 1. The zero-order valence-corrected chi connectivity index (χ0v) is 15.1. The first-order valence-corrected chi connectivity index (χ1v) is 9.30. The molecule has 2 aromatic heterocycles. The summed E-state index contributed by atoms with van der Waals surface area (Å²) in [5.74, 6) is 0.843. The molecule has 1 aliphatic rings. The summed E-state index contributed by atoms with van der Waals surface area (Å²) >= 11 is 0. The van der Waals surface area contributed by atoms with E-state index in [9.17, 15) is 4.79 Å². The van der Waals surface area contributed by atoms with Gasteiger partial charge in [0.2, 0.25) is 0 Å². The highest BCUT2D eigenvalue weighted by Crippen LogP contribution is 2.29. The molecule has 1 amide bonds. The van der Waals surface area contributed by atoms with Gasteiger partial charge in [-0.1, -0.05) is 6.07 Å². The van der Waals surface area contributed by atoms with Crippen LogP contribution in [0.15, 0.2) is 36.7 Å². The summed E-state index contributed by atoms with van der Waals surface area (Å²) in [5.41, 5.74) is 7.93. The molecule has 1 fully saturated rings. The van der Waals surface area contributed by atoms with E-state index in [0.717, 1.165) is 29.8 Å². The minimum Gasteiger partial charge on any atom is -0.493 e. The smallest absolute Gasteiger partial charge is 0.250 e. The third kappa shape index (κ3) is 3.78. The maximum absolute atomic E-state index is 11.6. The molecule has 0 atom stereocenters. The summed E-state index contributed by atoms with van der Waals surface area (Å²) in [6.45, 7) is 4.09. The molecular formula is C20H23N5O2. The number of primary amides is 1. The quantitative estimate of drug-likeness (QED) is 0.627. The van der Waals surface area contributed by atoms with Gasteiger partial charge < -0.3 is 20.4 Å². The molecule has 1 saturated heterocycles. The molecular weight excluding hydrogens is 342 g/mol. The van der Waals surface area contributed by atoms with Crippen LogP contribution in [0.25, 0.3) is 22.4 Å². The topological polar surface area (TPSA) is 97.1 Å². The Morgan fingerprint density at radius 1 is 1.26 bits per heavy atom. The second kappa shape index (κ2) is 7.75. The number of hydrogen-bond donors (Lipinski definition) is 2. The van der Waals surface area contributed by atoms with Gasteiger partial charge in [0.05, 0.1) is 23.3 Å². The molecule has 0 unspecified atom stereocenters. The Bertz CT molecular complexity index is 946. The Labute approximate surface area is 157 Å². The first kappa shape index (κ1) is 17.5. The van der Waals surface area contributed by atoms with Crippen molar-refractivity contribution in [3.63, 3.8) is 0 Å². The van der Waals surface area contributed by atoms with Gasteiger partial charge in [-0.3, -0.25) is 9.78 Å². The van der Waals surface area contributed by atoms with Crippen molar-refractivity contribution < 1.29 is 9.53 Å². The Hall–Kier alpha value is -2.93.